The molecule has 3 unspecified atom stereocenters. The highest BCUT2D eigenvalue weighted by atomic mass is 16.5. The highest BCUT2D eigenvalue weighted by Crippen LogP contribution is 2.44. The van der Waals surface area contributed by atoms with Crippen LogP contribution in [0.5, 0.6) is 0 Å². The monoisotopic (exact) mass is 257 g/mol. The van der Waals surface area contributed by atoms with Crippen molar-refractivity contribution >= 4 is 0 Å². The number of hydrogen-bond acceptors (Lipinski definition) is 3. The summed E-state index contributed by atoms with van der Waals surface area (Å²) in [4.78, 5) is 0. The van der Waals surface area contributed by atoms with E-state index in [9.17, 15) is 0 Å². The molecule has 3 atom stereocenters. The summed E-state index contributed by atoms with van der Waals surface area (Å²) in [6.07, 6.45) is 2.43. The zero-order valence-electron chi connectivity index (χ0n) is 13.2. The third-order valence-electron chi connectivity index (χ3n) is 4.08. The third kappa shape index (κ3) is 3.94. The van der Waals surface area contributed by atoms with Crippen LogP contribution < -0.4 is 5.32 Å². The van der Waals surface area contributed by atoms with Gasteiger partial charge >= 0.3 is 0 Å². The highest BCUT2D eigenvalue weighted by molar-refractivity contribution is 4.99. The van der Waals surface area contributed by atoms with E-state index in [0.717, 1.165) is 19.4 Å². The predicted octanol–water partition coefficient (Wildman–Crippen LogP) is 2.98. The number of nitrogens with one attached hydrogen (secondary N) is 1. The Kier molecular flexibility index (Phi) is 5.22. The molecule has 1 rings (SSSR count). The molecule has 1 aliphatic rings. The van der Waals surface area contributed by atoms with Crippen LogP contribution in [0.25, 0.3) is 0 Å². The second kappa shape index (κ2) is 5.89. The number of hydrogen-bond donors (Lipinski definition) is 1. The van der Waals surface area contributed by atoms with Crippen LogP contribution in [0.3, 0.4) is 0 Å². The summed E-state index contributed by atoms with van der Waals surface area (Å²) in [6.45, 7) is 14.1. The van der Waals surface area contributed by atoms with Crippen LogP contribution in [-0.2, 0) is 9.47 Å². The first-order valence-corrected chi connectivity index (χ1v) is 7.18. The maximum Gasteiger partial charge on any atom is 0.0677 e. The van der Waals surface area contributed by atoms with Gasteiger partial charge in [0.15, 0.2) is 0 Å². The number of methoxy groups -OCH3 is 1. The Morgan fingerprint density at radius 3 is 2.33 bits per heavy atom. The first kappa shape index (κ1) is 15.9. The quantitative estimate of drug-likeness (QED) is 0.793. The van der Waals surface area contributed by atoms with Gasteiger partial charge in [-0.15, -0.1) is 0 Å². The van der Waals surface area contributed by atoms with Crippen molar-refractivity contribution in [3.63, 3.8) is 0 Å². The zero-order valence-corrected chi connectivity index (χ0v) is 13.2. The van der Waals surface area contributed by atoms with E-state index in [1.807, 2.05) is 0 Å². The molecule has 0 aromatic carbocycles. The van der Waals surface area contributed by atoms with Crippen molar-refractivity contribution < 1.29 is 9.47 Å². The first-order valence-electron chi connectivity index (χ1n) is 7.18. The Labute approximate surface area is 113 Å². The molecule has 1 N–H and O–H groups in total. The Morgan fingerprint density at radius 1 is 1.33 bits per heavy atom. The molecule has 1 saturated heterocycles. The molecule has 1 aliphatic heterocycles. The molecule has 0 amide bonds. The summed E-state index contributed by atoms with van der Waals surface area (Å²) in [7, 11) is 1.79. The van der Waals surface area contributed by atoms with E-state index in [1.165, 1.54) is 0 Å². The average molecular weight is 257 g/mol. The fourth-order valence-electron chi connectivity index (χ4n) is 3.34. The minimum Gasteiger partial charge on any atom is -0.382 e. The molecule has 0 aliphatic carbocycles. The van der Waals surface area contributed by atoms with E-state index in [0.29, 0.717) is 12.0 Å². The van der Waals surface area contributed by atoms with Crippen LogP contribution >= 0.6 is 0 Å². The Bertz CT molecular complexity index is 263. The van der Waals surface area contributed by atoms with Gasteiger partial charge in [-0.05, 0) is 54.0 Å². The molecule has 0 saturated carbocycles. The molecule has 18 heavy (non-hydrogen) atoms. The maximum atomic E-state index is 6.21. The van der Waals surface area contributed by atoms with Crippen molar-refractivity contribution in [2.75, 3.05) is 13.7 Å². The van der Waals surface area contributed by atoms with Crippen molar-refractivity contribution in [1.29, 1.82) is 0 Å². The fourth-order valence-corrected chi connectivity index (χ4v) is 3.34. The van der Waals surface area contributed by atoms with Gasteiger partial charge in [0.25, 0.3) is 0 Å². The van der Waals surface area contributed by atoms with E-state index in [4.69, 9.17) is 9.47 Å². The van der Waals surface area contributed by atoms with Crippen molar-refractivity contribution in [3.05, 3.63) is 0 Å². The maximum absolute atomic E-state index is 6.21. The zero-order chi connectivity index (χ0) is 14.0. The second-order valence-electron chi connectivity index (χ2n) is 6.72. The van der Waals surface area contributed by atoms with Gasteiger partial charge < -0.3 is 14.8 Å². The van der Waals surface area contributed by atoms with E-state index in [-0.39, 0.29) is 17.3 Å². The second-order valence-corrected chi connectivity index (χ2v) is 6.72. The normalized spacial score (nSPS) is 29.2. The molecule has 0 bridgehead atoms. The van der Waals surface area contributed by atoms with Crippen LogP contribution in [0, 0.1) is 5.92 Å². The SMILES string of the molecule is CCNC(CC(C)OC)C1CC(C)(C)OC1(C)C. The lowest BCUT2D eigenvalue weighted by Gasteiger charge is -2.34. The van der Waals surface area contributed by atoms with Crippen molar-refractivity contribution in [2.45, 2.75) is 77.7 Å². The Morgan fingerprint density at radius 2 is 1.94 bits per heavy atom. The summed E-state index contributed by atoms with van der Waals surface area (Å²) in [5, 5.41) is 3.62. The van der Waals surface area contributed by atoms with Gasteiger partial charge in [-0.2, -0.15) is 0 Å². The molecule has 0 aromatic rings. The summed E-state index contributed by atoms with van der Waals surface area (Å²) in [5.41, 5.74) is -0.0814. The number of ether oxygens (including phenoxy) is 2. The lowest BCUT2D eigenvalue weighted by molar-refractivity contribution is -0.0789. The van der Waals surface area contributed by atoms with Crippen LogP contribution in [0.15, 0.2) is 0 Å². The molecule has 0 radical (unpaired) electrons. The van der Waals surface area contributed by atoms with E-state index in [2.05, 4.69) is 46.9 Å². The van der Waals surface area contributed by atoms with Gasteiger partial charge in [0, 0.05) is 19.1 Å². The molecule has 0 spiro atoms. The Hall–Kier alpha value is -0.120. The summed E-state index contributed by atoms with van der Waals surface area (Å²) in [6, 6.07) is 0.460. The van der Waals surface area contributed by atoms with Crippen molar-refractivity contribution in [1.82, 2.24) is 5.32 Å². The minimum absolute atomic E-state index is 0.0157. The van der Waals surface area contributed by atoms with E-state index >= 15 is 0 Å². The van der Waals surface area contributed by atoms with Crippen LogP contribution in [0.2, 0.25) is 0 Å². The first-order chi connectivity index (χ1) is 8.22. The topological polar surface area (TPSA) is 30.5 Å². The largest absolute Gasteiger partial charge is 0.382 e. The molecule has 3 nitrogen and oxygen atoms in total. The average Bonchev–Trinajstić information content (AvgIpc) is 2.45. The van der Waals surface area contributed by atoms with E-state index in [1.54, 1.807) is 7.11 Å². The van der Waals surface area contributed by atoms with Gasteiger partial charge in [0.2, 0.25) is 0 Å². The lowest BCUT2D eigenvalue weighted by Crippen LogP contribution is -2.45. The lowest BCUT2D eigenvalue weighted by atomic mass is 9.79. The van der Waals surface area contributed by atoms with Gasteiger partial charge in [0.05, 0.1) is 17.3 Å². The summed E-state index contributed by atoms with van der Waals surface area (Å²) < 4.78 is 11.6. The van der Waals surface area contributed by atoms with Crippen LogP contribution in [0.1, 0.15) is 54.4 Å². The van der Waals surface area contributed by atoms with Gasteiger partial charge in [-0.25, -0.2) is 0 Å². The molecule has 1 fully saturated rings. The molecule has 108 valence electrons. The third-order valence-corrected chi connectivity index (χ3v) is 4.08. The van der Waals surface area contributed by atoms with Gasteiger partial charge in [0.1, 0.15) is 0 Å². The summed E-state index contributed by atoms with van der Waals surface area (Å²) >= 11 is 0. The molecule has 0 aromatic heterocycles. The molecule has 1 heterocycles. The number of rotatable bonds is 6. The molecule has 3 heteroatoms. The van der Waals surface area contributed by atoms with Crippen molar-refractivity contribution in [2.24, 2.45) is 5.92 Å². The fraction of sp³-hybridized carbons (Fsp3) is 1.00. The summed E-state index contributed by atoms with van der Waals surface area (Å²) in [5.74, 6) is 0.532. The molecular formula is C15H31NO2. The van der Waals surface area contributed by atoms with Gasteiger partial charge in [-0.3, -0.25) is 0 Å². The van der Waals surface area contributed by atoms with E-state index < -0.39 is 0 Å². The standard InChI is InChI=1S/C15H31NO2/c1-8-16-13(9-11(2)17-7)12-10-14(3,4)18-15(12,5)6/h11-13,16H,8-10H2,1-7H3. The van der Waals surface area contributed by atoms with Crippen molar-refractivity contribution in [3.8, 4) is 0 Å². The minimum atomic E-state index is -0.0657. The van der Waals surface area contributed by atoms with Gasteiger partial charge in [-0.1, -0.05) is 6.92 Å². The highest BCUT2D eigenvalue weighted by Gasteiger charge is 2.48. The van der Waals surface area contributed by atoms with Crippen LogP contribution in [0.4, 0.5) is 0 Å². The molecular weight excluding hydrogens is 226 g/mol. The van der Waals surface area contributed by atoms with Crippen LogP contribution in [-0.4, -0.2) is 37.0 Å². The predicted molar refractivity (Wildman–Crippen MR) is 75.9 cm³/mol. The smallest absolute Gasteiger partial charge is 0.0677 e. The Balaban J connectivity index is 2.78.